The molecule has 0 amide bonds. The molecular weight excluding hydrogens is 248 g/mol. The van der Waals surface area contributed by atoms with Crippen molar-refractivity contribution in [2.24, 2.45) is 12.5 Å². The number of nitrogens with zero attached hydrogens (tertiary/aromatic N) is 2. The number of nitrogen functional groups attached to an aromatic ring is 1. The molecule has 0 saturated heterocycles. The molecule has 116 valence electrons. The van der Waals surface area contributed by atoms with E-state index in [1.54, 1.807) is 0 Å². The number of rotatable bonds is 9. The highest BCUT2D eigenvalue weighted by atomic mass is 15.3. The van der Waals surface area contributed by atoms with Gasteiger partial charge in [0.2, 0.25) is 0 Å². The third-order valence-corrected chi connectivity index (χ3v) is 3.84. The second-order valence-corrected chi connectivity index (χ2v) is 6.56. The minimum absolute atomic E-state index is 0.288. The number of unbranched alkanes of at least 4 members (excludes halogenated alkanes) is 2. The van der Waals surface area contributed by atoms with Gasteiger partial charge in [-0.25, -0.2) is 0 Å². The predicted octanol–water partition coefficient (Wildman–Crippen LogP) is 3.97. The summed E-state index contributed by atoms with van der Waals surface area (Å²) in [6, 6.07) is 0. The van der Waals surface area contributed by atoms with Crippen LogP contribution in [0.15, 0.2) is 0 Å². The average molecular weight is 280 g/mol. The number of nitrogens with one attached hydrogen (secondary N) is 1. The van der Waals surface area contributed by atoms with E-state index < -0.39 is 0 Å². The maximum absolute atomic E-state index is 6.20. The lowest BCUT2D eigenvalue weighted by Gasteiger charge is -2.25. The second kappa shape index (κ2) is 7.55. The van der Waals surface area contributed by atoms with E-state index in [1.807, 2.05) is 11.7 Å². The minimum atomic E-state index is 0.288. The van der Waals surface area contributed by atoms with Crippen molar-refractivity contribution in [2.75, 3.05) is 17.6 Å². The van der Waals surface area contributed by atoms with Crippen LogP contribution in [-0.2, 0) is 13.5 Å². The van der Waals surface area contributed by atoms with Crippen LogP contribution in [0, 0.1) is 5.41 Å². The van der Waals surface area contributed by atoms with Crippen LogP contribution in [0.2, 0.25) is 0 Å². The fraction of sp³-hybridized carbons (Fsp3) is 0.812. The summed E-state index contributed by atoms with van der Waals surface area (Å²) < 4.78 is 1.88. The Morgan fingerprint density at radius 1 is 1.20 bits per heavy atom. The molecule has 1 rings (SSSR count). The van der Waals surface area contributed by atoms with Crippen LogP contribution in [-0.4, -0.2) is 16.3 Å². The molecule has 0 radical (unpaired) electrons. The zero-order valence-electron chi connectivity index (χ0n) is 13.9. The van der Waals surface area contributed by atoms with Crippen molar-refractivity contribution in [3.05, 3.63) is 5.69 Å². The summed E-state index contributed by atoms with van der Waals surface area (Å²) in [5.41, 5.74) is 8.32. The molecule has 0 aliphatic rings. The van der Waals surface area contributed by atoms with Crippen molar-refractivity contribution in [1.82, 2.24) is 9.78 Å². The molecule has 4 nitrogen and oxygen atoms in total. The normalized spacial score (nSPS) is 11.8. The SMILES string of the molecule is CCCCCC(C)(C)CNc1c(N)c(CCC)nn1C. The molecule has 1 heterocycles. The van der Waals surface area contributed by atoms with E-state index in [9.17, 15) is 0 Å². The third-order valence-electron chi connectivity index (χ3n) is 3.84. The van der Waals surface area contributed by atoms with Crippen molar-refractivity contribution >= 4 is 11.5 Å². The molecule has 1 aromatic rings. The number of hydrogen-bond donors (Lipinski definition) is 2. The van der Waals surface area contributed by atoms with E-state index in [2.05, 4.69) is 38.1 Å². The van der Waals surface area contributed by atoms with Crippen molar-refractivity contribution in [1.29, 1.82) is 0 Å². The molecule has 0 aliphatic heterocycles. The molecule has 20 heavy (non-hydrogen) atoms. The molecule has 0 unspecified atom stereocenters. The fourth-order valence-electron chi connectivity index (χ4n) is 2.49. The average Bonchev–Trinajstić information content (AvgIpc) is 2.63. The van der Waals surface area contributed by atoms with Crippen LogP contribution in [0.5, 0.6) is 0 Å². The number of nitrogens with two attached hydrogens (primary N) is 1. The first-order valence-electron chi connectivity index (χ1n) is 7.96. The maximum Gasteiger partial charge on any atom is 0.147 e. The molecule has 0 aromatic carbocycles. The van der Waals surface area contributed by atoms with Gasteiger partial charge in [-0.05, 0) is 18.3 Å². The van der Waals surface area contributed by atoms with Crippen LogP contribution >= 0.6 is 0 Å². The van der Waals surface area contributed by atoms with Crippen molar-refractivity contribution in [3.8, 4) is 0 Å². The molecule has 0 fully saturated rings. The lowest BCUT2D eigenvalue weighted by atomic mass is 9.87. The van der Waals surface area contributed by atoms with Gasteiger partial charge in [0.15, 0.2) is 0 Å². The molecule has 1 aromatic heterocycles. The van der Waals surface area contributed by atoms with Crippen molar-refractivity contribution in [2.45, 2.75) is 66.2 Å². The molecule has 3 N–H and O–H groups in total. The topological polar surface area (TPSA) is 55.9 Å². The van der Waals surface area contributed by atoms with Gasteiger partial charge in [-0.3, -0.25) is 4.68 Å². The summed E-state index contributed by atoms with van der Waals surface area (Å²) in [6.07, 6.45) is 7.15. The van der Waals surface area contributed by atoms with Gasteiger partial charge in [0, 0.05) is 13.6 Å². The maximum atomic E-state index is 6.20. The van der Waals surface area contributed by atoms with E-state index in [1.165, 1.54) is 25.7 Å². The molecule has 0 bridgehead atoms. The van der Waals surface area contributed by atoms with Gasteiger partial charge in [-0.2, -0.15) is 5.10 Å². The van der Waals surface area contributed by atoms with E-state index in [0.717, 1.165) is 36.6 Å². The minimum Gasteiger partial charge on any atom is -0.394 e. The standard InChI is InChI=1S/C16H32N4/c1-6-8-9-11-16(3,4)12-18-15-14(17)13(10-7-2)19-20(15)5/h18H,6-12,17H2,1-5H3. The van der Waals surface area contributed by atoms with Crippen LogP contribution < -0.4 is 11.1 Å². The lowest BCUT2D eigenvalue weighted by molar-refractivity contribution is 0.342. The van der Waals surface area contributed by atoms with Gasteiger partial charge in [0.05, 0.1) is 11.4 Å². The Labute approximate surface area is 124 Å². The van der Waals surface area contributed by atoms with Crippen molar-refractivity contribution < 1.29 is 0 Å². The Hall–Kier alpha value is -1.19. The molecule has 0 atom stereocenters. The molecule has 0 aliphatic carbocycles. The molecule has 0 spiro atoms. The largest absolute Gasteiger partial charge is 0.394 e. The lowest BCUT2D eigenvalue weighted by Crippen LogP contribution is -2.24. The summed E-state index contributed by atoms with van der Waals surface area (Å²) in [5, 5.41) is 8.01. The summed E-state index contributed by atoms with van der Waals surface area (Å²) in [5.74, 6) is 0.969. The van der Waals surface area contributed by atoms with E-state index in [0.29, 0.717) is 0 Å². The van der Waals surface area contributed by atoms with Gasteiger partial charge in [-0.1, -0.05) is 53.4 Å². The van der Waals surface area contributed by atoms with E-state index in [4.69, 9.17) is 5.73 Å². The number of hydrogen-bond acceptors (Lipinski definition) is 3. The van der Waals surface area contributed by atoms with Crippen LogP contribution in [0.25, 0.3) is 0 Å². The third kappa shape index (κ3) is 4.73. The second-order valence-electron chi connectivity index (χ2n) is 6.56. The predicted molar refractivity (Wildman–Crippen MR) is 88.0 cm³/mol. The summed E-state index contributed by atoms with van der Waals surface area (Å²) in [7, 11) is 1.96. The van der Waals surface area contributed by atoms with E-state index >= 15 is 0 Å². The monoisotopic (exact) mass is 280 g/mol. The highest BCUT2D eigenvalue weighted by Gasteiger charge is 2.19. The highest BCUT2D eigenvalue weighted by Crippen LogP contribution is 2.27. The van der Waals surface area contributed by atoms with Crippen LogP contribution in [0.4, 0.5) is 11.5 Å². The Bertz CT molecular complexity index is 407. The first kappa shape index (κ1) is 16.9. The zero-order chi connectivity index (χ0) is 15.2. The summed E-state index contributed by atoms with van der Waals surface area (Å²) in [4.78, 5) is 0. The number of aryl methyl sites for hydroxylation is 2. The first-order chi connectivity index (χ1) is 9.41. The van der Waals surface area contributed by atoms with Gasteiger partial charge in [-0.15, -0.1) is 0 Å². The first-order valence-corrected chi connectivity index (χ1v) is 7.96. The summed E-state index contributed by atoms with van der Waals surface area (Å²) >= 11 is 0. The van der Waals surface area contributed by atoms with Gasteiger partial charge in [0.1, 0.15) is 5.82 Å². The Kier molecular flexibility index (Phi) is 6.37. The van der Waals surface area contributed by atoms with Crippen molar-refractivity contribution in [3.63, 3.8) is 0 Å². The van der Waals surface area contributed by atoms with Gasteiger partial charge < -0.3 is 11.1 Å². The Morgan fingerprint density at radius 3 is 2.50 bits per heavy atom. The van der Waals surface area contributed by atoms with E-state index in [-0.39, 0.29) is 5.41 Å². The molecule has 0 saturated carbocycles. The molecule has 4 heteroatoms. The quantitative estimate of drug-likeness (QED) is 0.673. The fourth-order valence-corrected chi connectivity index (χ4v) is 2.49. The zero-order valence-corrected chi connectivity index (χ0v) is 13.9. The van der Waals surface area contributed by atoms with Gasteiger partial charge in [0.25, 0.3) is 0 Å². The Morgan fingerprint density at radius 2 is 1.90 bits per heavy atom. The number of aromatic nitrogens is 2. The highest BCUT2D eigenvalue weighted by molar-refractivity contribution is 5.65. The Balaban J connectivity index is 2.60. The number of anilines is 2. The van der Waals surface area contributed by atoms with Gasteiger partial charge >= 0.3 is 0 Å². The van der Waals surface area contributed by atoms with Crippen LogP contribution in [0.3, 0.4) is 0 Å². The smallest absolute Gasteiger partial charge is 0.147 e. The summed E-state index contributed by atoms with van der Waals surface area (Å²) in [6.45, 7) is 9.96. The van der Waals surface area contributed by atoms with Crippen LogP contribution in [0.1, 0.15) is 65.5 Å². The molecular formula is C16H32N4.